The van der Waals surface area contributed by atoms with Crippen LogP contribution in [0.2, 0.25) is 0 Å². The molecule has 0 saturated heterocycles. The van der Waals surface area contributed by atoms with Crippen LogP contribution in [0.5, 0.6) is 0 Å². The number of aromatic amines is 1. The average molecular weight is 363 g/mol. The Morgan fingerprint density at radius 1 is 1.19 bits per heavy atom. The third-order valence-electron chi connectivity index (χ3n) is 4.74. The van der Waals surface area contributed by atoms with E-state index in [1.165, 1.54) is 28.1 Å². The molecule has 5 heteroatoms. The van der Waals surface area contributed by atoms with Crippen molar-refractivity contribution < 1.29 is 10.0 Å². The van der Waals surface area contributed by atoms with E-state index < -0.39 is 5.91 Å². The highest BCUT2D eigenvalue weighted by Crippen LogP contribution is 2.18. The molecule has 3 rings (SSSR count). The molecule has 5 nitrogen and oxygen atoms in total. The molecule has 3 aromatic rings. The van der Waals surface area contributed by atoms with Crippen LogP contribution in [0.4, 0.5) is 0 Å². The van der Waals surface area contributed by atoms with Gasteiger partial charge in [0.15, 0.2) is 0 Å². The van der Waals surface area contributed by atoms with Gasteiger partial charge in [0, 0.05) is 30.9 Å². The van der Waals surface area contributed by atoms with E-state index in [2.05, 4.69) is 53.2 Å². The summed E-state index contributed by atoms with van der Waals surface area (Å²) in [5, 5.41) is 9.76. The number of likely N-dealkylation sites (N-methyl/N-ethyl adjacent to an activating group) is 1. The molecular formula is C22H25N3O2. The zero-order valence-electron chi connectivity index (χ0n) is 15.5. The Morgan fingerprint density at radius 3 is 2.74 bits per heavy atom. The summed E-state index contributed by atoms with van der Waals surface area (Å²) in [5.41, 5.74) is 6.32. The lowest BCUT2D eigenvalue weighted by atomic mass is 10.1. The predicted molar refractivity (Wildman–Crippen MR) is 108 cm³/mol. The van der Waals surface area contributed by atoms with Gasteiger partial charge in [0.05, 0.1) is 0 Å². The highest BCUT2D eigenvalue weighted by molar-refractivity contribution is 5.90. The number of rotatable bonds is 8. The van der Waals surface area contributed by atoms with Crippen LogP contribution in [0.1, 0.15) is 23.6 Å². The molecule has 3 N–H and O–H groups in total. The standard InChI is InChI=1S/C22H25N3O2/c1-2-25(15-13-20-5-3-4-19-12-14-23-22(19)20)16-18-8-6-17(7-9-18)10-11-21(26)24-27/h3-12,14,23,27H,2,13,15-16H2,1H3,(H,24,26)/b11-10+. The Hall–Kier alpha value is -2.89. The molecule has 0 aliphatic rings. The minimum atomic E-state index is -0.534. The van der Waals surface area contributed by atoms with Crippen LogP contribution >= 0.6 is 0 Å². The first-order valence-corrected chi connectivity index (χ1v) is 9.18. The fourth-order valence-electron chi connectivity index (χ4n) is 3.19. The topological polar surface area (TPSA) is 68.4 Å². The van der Waals surface area contributed by atoms with Crippen LogP contribution in [0.3, 0.4) is 0 Å². The minimum Gasteiger partial charge on any atom is -0.361 e. The van der Waals surface area contributed by atoms with Gasteiger partial charge in [0.2, 0.25) is 0 Å². The van der Waals surface area contributed by atoms with Crippen LogP contribution in [-0.2, 0) is 17.8 Å². The van der Waals surface area contributed by atoms with Gasteiger partial charge < -0.3 is 4.98 Å². The lowest BCUT2D eigenvalue weighted by Crippen LogP contribution is -2.25. The fraction of sp³-hybridized carbons (Fsp3) is 0.227. The smallest absolute Gasteiger partial charge is 0.267 e. The fourth-order valence-corrected chi connectivity index (χ4v) is 3.19. The molecule has 1 amide bonds. The number of aromatic nitrogens is 1. The SMILES string of the molecule is CCN(CCc1cccc2cc[nH]c12)Cc1ccc(/C=C/C(=O)NO)cc1. The Kier molecular flexibility index (Phi) is 6.41. The maximum Gasteiger partial charge on any atom is 0.267 e. The van der Waals surface area contributed by atoms with Gasteiger partial charge in [-0.2, -0.15) is 0 Å². The molecule has 27 heavy (non-hydrogen) atoms. The summed E-state index contributed by atoms with van der Waals surface area (Å²) >= 11 is 0. The first-order valence-electron chi connectivity index (χ1n) is 9.18. The summed E-state index contributed by atoms with van der Waals surface area (Å²) in [6.45, 7) is 5.05. The quantitative estimate of drug-likeness (QED) is 0.324. The lowest BCUT2D eigenvalue weighted by molar-refractivity contribution is -0.124. The van der Waals surface area contributed by atoms with Gasteiger partial charge in [-0.3, -0.25) is 14.9 Å². The summed E-state index contributed by atoms with van der Waals surface area (Å²) in [6.07, 6.45) is 5.97. The molecule has 0 aliphatic carbocycles. The van der Waals surface area contributed by atoms with E-state index in [1.807, 2.05) is 18.3 Å². The molecular weight excluding hydrogens is 338 g/mol. The summed E-state index contributed by atoms with van der Waals surface area (Å²) in [5.74, 6) is -0.534. The number of para-hydroxylation sites is 1. The first-order chi connectivity index (χ1) is 13.2. The number of nitrogens with zero attached hydrogens (tertiary/aromatic N) is 1. The monoisotopic (exact) mass is 363 g/mol. The number of fused-ring (bicyclic) bond motifs is 1. The molecule has 1 aromatic heterocycles. The Bertz CT molecular complexity index is 913. The van der Waals surface area contributed by atoms with E-state index in [1.54, 1.807) is 11.6 Å². The second kappa shape index (κ2) is 9.16. The van der Waals surface area contributed by atoms with Crippen molar-refractivity contribution in [2.24, 2.45) is 0 Å². The van der Waals surface area contributed by atoms with E-state index in [0.717, 1.165) is 31.6 Å². The molecule has 0 spiro atoms. The van der Waals surface area contributed by atoms with Gasteiger partial charge >= 0.3 is 0 Å². The van der Waals surface area contributed by atoms with Gasteiger partial charge in [-0.15, -0.1) is 0 Å². The summed E-state index contributed by atoms with van der Waals surface area (Å²) in [4.78, 5) is 16.8. The van der Waals surface area contributed by atoms with Crippen molar-refractivity contribution in [1.29, 1.82) is 0 Å². The number of nitrogens with one attached hydrogen (secondary N) is 2. The highest BCUT2D eigenvalue weighted by atomic mass is 16.5. The number of hydroxylamine groups is 1. The average Bonchev–Trinajstić information content (AvgIpc) is 3.19. The van der Waals surface area contributed by atoms with Crippen molar-refractivity contribution in [1.82, 2.24) is 15.4 Å². The zero-order chi connectivity index (χ0) is 19.1. The van der Waals surface area contributed by atoms with Crippen LogP contribution < -0.4 is 5.48 Å². The Labute approximate surface area is 159 Å². The number of H-pyrrole nitrogens is 1. The first kappa shape index (κ1) is 18.9. The molecule has 0 fully saturated rings. The predicted octanol–water partition coefficient (Wildman–Crippen LogP) is 3.75. The molecule has 0 atom stereocenters. The van der Waals surface area contributed by atoms with Gasteiger partial charge in [0.25, 0.3) is 5.91 Å². The largest absolute Gasteiger partial charge is 0.361 e. The Morgan fingerprint density at radius 2 is 2.00 bits per heavy atom. The molecule has 2 aromatic carbocycles. The number of benzene rings is 2. The van der Waals surface area contributed by atoms with Crippen molar-refractivity contribution in [2.45, 2.75) is 19.9 Å². The third kappa shape index (κ3) is 5.06. The number of hydrogen-bond donors (Lipinski definition) is 3. The number of amides is 1. The normalized spacial score (nSPS) is 11.5. The molecule has 0 radical (unpaired) electrons. The van der Waals surface area contributed by atoms with Gasteiger partial charge in [0.1, 0.15) is 0 Å². The van der Waals surface area contributed by atoms with Crippen LogP contribution in [0.15, 0.2) is 60.8 Å². The number of carbonyl (C=O) groups excluding carboxylic acids is 1. The van der Waals surface area contributed by atoms with Crippen molar-refractivity contribution in [3.05, 3.63) is 77.5 Å². The van der Waals surface area contributed by atoms with Gasteiger partial charge in [-0.25, -0.2) is 5.48 Å². The van der Waals surface area contributed by atoms with Gasteiger partial charge in [-0.05, 0) is 47.2 Å². The molecule has 1 heterocycles. The molecule has 0 bridgehead atoms. The van der Waals surface area contributed by atoms with E-state index in [-0.39, 0.29) is 0 Å². The summed E-state index contributed by atoms with van der Waals surface area (Å²) < 4.78 is 0. The van der Waals surface area contributed by atoms with Crippen molar-refractivity contribution in [3.8, 4) is 0 Å². The number of carbonyl (C=O) groups is 1. The maximum absolute atomic E-state index is 11.0. The highest BCUT2D eigenvalue weighted by Gasteiger charge is 2.07. The summed E-state index contributed by atoms with van der Waals surface area (Å²) in [6, 6.07) is 16.6. The number of hydrogen-bond acceptors (Lipinski definition) is 3. The van der Waals surface area contributed by atoms with E-state index in [0.29, 0.717) is 0 Å². The molecule has 0 aliphatic heterocycles. The van der Waals surface area contributed by atoms with E-state index in [9.17, 15) is 4.79 Å². The van der Waals surface area contributed by atoms with Crippen molar-refractivity contribution >= 4 is 22.9 Å². The lowest BCUT2D eigenvalue weighted by Gasteiger charge is -2.20. The molecule has 0 saturated carbocycles. The minimum absolute atomic E-state index is 0.534. The van der Waals surface area contributed by atoms with E-state index >= 15 is 0 Å². The van der Waals surface area contributed by atoms with Gasteiger partial charge in [-0.1, -0.05) is 49.4 Å². The van der Waals surface area contributed by atoms with Crippen LogP contribution in [0, 0.1) is 0 Å². The second-order valence-corrected chi connectivity index (χ2v) is 6.53. The third-order valence-corrected chi connectivity index (χ3v) is 4.74. The Balaban J connectivity index is 1.59. The van der Waals surface area contributed by atoms with Crippen molar-refractivity contribution in [2.75, 3.05) is 13.1 Å². The maximum atomic E-state index is 11.0. The van der Waals surface area contributed by atoms with Crippen LogP contribution in [-0.4, -0.2) is 34.1 Å². The van der Waals surface area contributed by atoms with Crippen molar-refractivity contribution in [3.63, 3.8) is 0 Å². The second-order valence-electron chi connectivity index (χ2n) is 6.53. The zero-order valence-corrected chi connectivity index (χ0v) is 15.5. The van der Waals surface area contributed by atoms with E-state index in [4.69, 9.17) is 5.21 Å². The summed E-state index contributed by atoms with van der Waals surface area (Å²) in [7, 11) is 0. The molecule has 0 unspecified atom stereocenters. The van der Waals surface area contributed by atoms with Crippen LogP contribution in [0.25, 0.3) is 17.0 Å². The molecule has 140 valence electrons.